The maximum atomic E-state index is 2.61. The summed E-state index contributed by atoms with van der Waals surface area (Å²) >= 11 is 0. The van der Waals surface area contributed by atoms with Crippen molar-refractivity contribution in [1.29, 1.82) is 0 Å². The predicted molar refractivity (Wildman–Crippen MR) is 185 cm³/mol. The first kappa shape index (κ1) is 25.2. The molecule has 1 aliphatic rings. The zero-order valence-corrected chi connectivity index (χ0v) is 24.6. The summed E-state index contributed by atoms with van der Waals surface area (Å²) in [5.74, 6) is 0. The van der Waals surface area contributed by atoms with Crippen molar-refractivity contribution in [3.05, 3.63) is 157 Å². The van der Waals surface area contributed by atoms with Crippen LogP contribution in [0.3, 0.4) is 0 Å². The van der Waals surface area contributed by atoms with E-state index in [0.29, 0.717) is 0 Å². The van der Waals surface area contributed by atoms with Gasteiger partial charge in [0.1, 0.15) is 0 Å². The predicted octanol–water partition coefficient (Wildman–Crippen LogP) is 10.9. The number of fused-ring (bicyclic) bond motifs is 7. The Morgan fingerprint density at radius 3 is 1.64 bits per heavy atom. The van der Waals surface area contributed by atoms with Gasteiger partial charge in [0, 0.05) is 33.2 Å². The molecule has 0 radical (unpaired) electrons. The van der Waals surface area contributed by atoms with Crippen LogP contribution in [0.2, 0.25) is 0 Å². The molecule has 8 aromatic rings. The molecule has 44 heavy (non-hydrogen) atoms. The third-order valence-electron chi connectivity index (χ3n) is 9.49. The molecule has 0 spiro atoms. The van der Waals surface area contributed by atoms with Crippen LogP contribution < -0.4 is 0 Å². The van der Waals surface area contributed by atoms with E-state index in [1.54, 1.807) is 0 Å². The summed E-state index contributed by atoms with van der Waals surface area (Å²) in [4.78, 5) is 0. The molecule has 0 fully saturated rings. The van der Waals surface area contributed by atoms with Gasteiger partial charge in [-0.2, -0.15) is 0 Å². The third-order valence-corrected chi connectivity index (χ3v) is 9.49. The van der Waals surface area contributed by atoms with Crippen LogP contribution in [0.15, 0.2) is 146 Å². The second kappa shape index (κ2) is 10.1. The topological polar surface area (TPSA) is 9.86 Å². The first-order valence-electron chi connectivity index (χ1n) is 15.8. The van der Waals surface area contributed by atoms with E-state index in [-0.39, 0.29) is 0 Å². The molecule has 2 nitrogen and oxygen atoms in total. The number of hydrogen-bond acceptors (Lipinski definition) is 0. The maximum Gasteiger partial charge on any atom is 0.0788 e. The molecule has 0 N–H and O–H groups in total. The lowest BCUT2D eigenvalue weighted by atomic mass is 9.95. The Balaban J connectivity index is 1.40. The number of aryl methyl sites for hydroxylation is 1. The minimum Gasteiger partial charge on any atom is -0.311 e. The van der Waals surface area contributed by atoms with Crippen molar-refractivity contribution >= 4 is 32.7 Å². The Hall–Kier alpha value is -5.34. The summed E-state index contributed by atoms with van der Waals surface area (Å²) in [5, 5.41) is 3.98. The van der Waals surface area contributed by atoms with Crippen LogP contribution in [0.25, 0.3) is 66.3 Å². The lowest BCUT2D eigenvalue weighted by Crippen LogP contribution is -2.07. The van der Waals surface area contributed by atoms with Gasteiger partial charge in [-0.3, -0.25) is 0 Å². The second-order valence-electron chi connectivity index (χ2n) is 12.0. The Morgan fingerprint density at radius 2 is 0.932 bits per heavy atom. The minimum absolute atomic E-state index is 1.10. The van der Waals surface area contributed by atoms with Gasteiger partial charge >= 0.3 is 0 Å². The molecule has 210 valence electrons. The number of para-hydroxylation sites is 1. The van der Waals surface area contributed by atoms with Crippen LogP contribution in [0.4, 0.5) is 0 Å². The minimum atomic E-state index is 1.10. The van der Waals surface area contributed by atoms with Crippen LogP contribution in [-0.4, -0.2) is 9.13 Å². The largest absolute Gasteiger partial charge is 0.311 e. The van der Waals surface area contributed by atoms with Gasteiger partial charge in [-0.25, -0.2) is 0 Å². The molecule has 2 heterocycles. The molecule has 9 rings (SSSR count). The van der Waals surface area contributed by atoms with Gasteiger partial charge in [0.25, 0.3) is 0 Å². The average Bonchev–Trinajstić information content (AvgIpc) is 3.62. The van der Waals surface area contributed by atoms with Gasteiger partial charge in [0.2, 0.25) is 0 Å². The van der Waals surface area contributed by atoms with E-state index in [1.165, 1.54) is 90.4 Å². The van der Waals surface area contributed by atoms with Crippen molar-refractivity contribution in [3.63, 3.8) is 0 Å². The number of hydrogen-bond donors (Lipinski definition) is 0. The van der Waals surface area contributed by atoms with Crippen LogP contribution >= 0.6 is 0 Å². The first-order valence-corrected chi connectivity index (χ1v) is 15.8. The van der Waals surface area contributed by atoms with Crippen LogP contribution in [0.1, 0.15) is 24.1 Å². The SMILES string of the molecule is c1ccc(-c2cccc(-n3c4c(c5ccc6c7ccccc7n(-c7cccc(-c8ccccc8)c7)c6c53)CCCC4)c2)cc1. The quantitative estimate of drug-likeness (QED) is 0.201. The fraction of sp³-hybridized carbons (Fsp3) is 0.0952. The summed E-state index contributed by atoms with van der Waals surface area (Å²) in [6, 6.07) is 53.3. The summed E-state index contributed by atoms with van der Waals surface area (Å²) in [6.45, 7) is 0. The van der Waals surface area contributed by atoms with Crippen LogP contribution in [-0.2, 0) is 12.8 Å². The van der Waals surface area contributed by atoms with E-state index in [0.717, 1.165) is 12.8 Å². The van der Waals surface area contributed by atoms with E-state index in [2.05, 4.69) is 155 Å². The number of aromatic nitrogens is 2. The van der Waals surface area contributed by atoms with Crippen LogP contribution in [0.5, 0.6) is 0 Å². The van der Waals surface area contributed by atoms with Crippen molar-refractivity contribution in [1.82, 2.24) is 9.13 Å². The van der Waals surface area contributed by atoms with Crippen LogP contribution in [0, 0.1) is 0 Å². The van der Waals surface area contributed by atoms with Gasteiger partial charge < -0.3 is 9.13 Å². The highest BCUT2D eigenvalue weighted by molar-refractivity contribution is 6.19. The molecule has 0 unspecified atom stereocenters. The van der Waals surface area contributed by atoms with Crippen molar-refractivity contribution in [2.24, 2.45) is 0 Å². The van der Waals surface area contributed by atoms with Crippen molar-refractivity contribution in [2.45, 2.75) is 25.7 Å². The number of nitrogens with zero attached hydrogens (tertiary/aromatic N) is 2. The van der Waals surface area contributed by atoms with E-state index >= 15 is 0 Å². The summed E-state index contributed by atoms with van der Waals surface area (Å²) < 4.78 is 5.12. The highest BCUT2D eigenvalue weighted by atomic mass is 15.1. The Kier molecular flexibility index (Phi) is 5.80. The summed E-state index contributed by atoms with van der Waals surface area (Å²) in [7, 11) is 0. The van der Waals surface area contributed by atoms with Gasteiger partial charge in [-0.1, -0.05) is 115 Å². The molecule has 2 aromatic heterocycles. The van der Waals surface area contributed by atoms with Crippen molar-refractivity contribution in [3.8, 4) is 33.6 Å². The highest BCUT2D eigenvalue weighted by Crippen LogP contribution is 2.43. The summed E-state index contributed by atoms with van der Waals surface area (Å²) in [5.41, 5.74) is 14.2. The zero-order valence-electron chi connectivity index (χ0n) is 24.6. The zero-order chi connectivity index (χ0) is 29.0. The van der Waals surface area contributed by atoms with Crippen molar-refractivity contribution < 1.29 is 0 Å². The van der Waals surface area contributed by atoms with Gasteiger partial charge in [0.05, 0.1) is 16.6 Å². The highest BCUT2D eigenvalue weighted by Gasteiger charge is 2.25. The Labute approximate surface area is 257 Å². The smallest absolute Gasteiger partial charge is 0.0788 e. The van der Waals surface area contributed by atoms with E-state index < -0.39 is 0 Å². The monoisotopic (exact) mass is 564 g/mol. The molecule has 0 saturated carbocycles. The Morgan fingerprint density at radius 1 is 0.386 bits per heavy atom. The normalized spacial score (nSPS) is 13.1. The lowest BCUT2D eigenvalue weighted by molar-refractivity contribution is 0.667. The van der Waals surface area contributed by atoms with Gasteiger partial charge in [-0.15, -0.1) is 0 Å². The standard InChI is InChI=1S/C42H32N2/c1-3-13-29(14-4-1)31-17-11-19-33(27-31)43-39-23-9-7-21-35(39)37-25-26-38-36-22-8-10-24-40(36)44(42(38)41(37)43)34-20-12-18-32(28-34)30-15-5-2-6-16-30/h1-7,9,11-21,23,25-28H,8,10,22,24H2. The molecular formula is C42H32N2. The molecule has 2 heteroatoms. The third kappa shape index (κ3) is 3.88. The molecule has 6 aromatic carbocycles. The Bertz CT molecular complexity index is 2320. The number of benzene rings is 6. The van der Waals surface area contributed by atoms with Gasteiger partial charge in [0.15, 0.2) is 0 Å². The molecule has 0 amide bonds. The molecule has 0 saturated heterocycles. The maximum absolute atomic E-state index is 2.61. The molecular weight excluding hydrogens is 532 g/mol. The second-order valence-corrected chi connectivity index (χ2v) is 12.0. The van der Waals surface area contributed by atoms with E-state index in [4.69, 9.17) is 0 Å². The van der Waals surface area contributed by atoms with Crippen molar-refractivity contribution in [2.75, 3.05) is 0 Å². The fourth-order valence-corrected chi connectivity index (χ4v) is 7.53. The lowest BCUT2D eigenvalue weighted by Gasteiger charge is -2.17. The molecule has 0 atom stereocenters. The number of rotatable bonds is 4. The van der Waals surface area contributed by atoms with E-state index in [9.17, 15) is 0 Å². The average molecular weight is 565 g/mol. The summed E-state index contributed by atoms with van der Waals surface area (Å²) in [6.07, 6.45) is 4.71. The van der Waals surface area contributed by atoms with E-state index in [1.807, 2.05) is 0 Å². The fourth-order valence-electron chi connectivity index (χ4n) is 7.53. The molecule has 0 bridgehead atoms. The molecule has 0 aliphatic heterocycles. The molecule has 1 aliphatic carbocycles. The van der Waals surface area contributed by atoms with Gasteiger partial charge in [-0.05, 0) is 83.8 Å². The first-order chi connectivity index (χ1) is 21.8.